The largest absolute Gasteiger partial charge is 1.00 e. The van der Waals surface area contributed by atoms with Crippen molar-refractivity contribution in [2.45, 2.75) is 24.9 Å². The molecule has 0 saturated heterocycles. The van der Waals surface area contributed by atoms with E-state index in [9.17, 15) is 15.0 Å². The Morgan fingerprint density at radius 1 is 1.16 bits per heavy atom. The molecule has 1 radical (unpaired) electrons. The van der Waals surface area contributed by atoms with Crippen molar-refractivity contribution in [3.05, 3.63) is 69.6 Å². The molecule has 0 bridgehead atoms. The summed E-state index contributed by atoms with van der Waals surface area (Å²) in [5.74, 6) is -0.623. The Morgan fingerprint density at radius 3 is 2.62 bits per heavy atom. The van der Waals surface area contributed by atoms with Crippen molar-refractivity contribution in [2.75, 3.05) is 12.0 Å². The molecule has 4 rings (SSSR count). The van der Waals surface area contributed by atoms with Crippen LogP contribution in [0.15, 0.2) is 42.5 Å². The number of rotatable bonds is 8. The number of nitrogens with one attached hydrogen (secondary N) is 3. The summed E-state index contributed by atoms with van der Waals surface area (Å²) < 4.78 is 8.49. The first kappa shape index (κ1) is 24.7. The summed E-state index contributed by atoms with van der Waals surface area (Å²) in [6.07, 6.45) is 1.36. The van der Waals surface area contributed by atoms with Crippen LogP contribution in [-0.2, 0) is 4.79 Å². The van der Waals surface area contributed by atoms with Crippen molar-refractivity contribution in [1.82, 2.24) is 14.8 Å². The Hall–Kier alpha value is -1.95. The number of aromatic amines is 2. The number of anilines is 1. The van der Waals surface area contributed by atoms with Crippen molar-refractivity contribution < 1.29 is 49.3 Å². The van der Waals surface area contributed by atoms with Gasteiger partial charge in [0.2, 0.25) is 0 Å². The number of carbonyl (C=O) groups is 1. The van der Waals surface area contributed by atoms with Gasteiger partial charge in [0.25, 0.3) is 0 Å². The van der Waals surface area contributed by atoms with Crippen LogP contribution < -0.4 is 44.7 Å². The second kappa shape index (κ2) is 10.8. The zero-order chi connectivity index (χ0) is 22.0. The molecule has 8 nitrogen and oxygen atoms in total. The normalized spacial score (nSPS) is 16.8. The van der Waals surface area contributed by atoms with Gasteiger partial charge in [-0.05, 0) is 84.7 Å². The van der Waals surface area contributed by atoms with Gasteiger partial charge in [0.1, 0.15) is 5.75 Å². The summed E-state index contributed by atoms with van der Waals surface area (Å²) in [6, 6.07) is 13.0. The number of carboxylic acid groups (broad SMARTS) is 1. The fourth-order valence-corrected chi connectivity index (χ4v) is 4.24. The van der Waals surface area contributed by atoms with Gasteiger partial charge in [-0.1, -0.05) is 12.1 Å². The third-order valence-corrected chi connectivity index (χ3v) is 5.72. The van der Waals surface area contributed by atoms with Gasteiger partial charge < -0.3 is 25.1 Å². The number of H-pyrrole nitrogens is 2. The summed E-state index contributed by atoms with van der Waals surface area (Å²) in [6.45, 7) is 0.212. The average Bonchev–Trinajstić information content (AvgIpc) is 3.25. The number of fused-ring (bicyclic) bond motifs is 1. The predicted molar refractivity (Wildman–Crippen MR) is 118 cm³/mol. The van der Waals surface area contributed by atoms with Crippen LogP contribution in [-0.4, -0.2) is 32.6 Å². The minimum Gasteiger partial charge on any atom is -0.550 e. The van der Waals surface area contributed by atoms with E-state index in [4.69, 9.17) is 29.2 Å². The second-order valence-electron chi connectivity index (χ2n) is 7.16. The van der Waals surface area contributed by atoms with E-state index >= 15 is 0 Å². The van der Waals surface area contributed by atoms with Gasteiger partial charge >= 0.3 is 29.6 Å². The Balaban J connectivity index is 0.00000289. The number of hydrogen-bond acceptors (Lipinski definition) is 7. The van der Waals surface area contributed by atoms with Crippen LogP contribution in [0.4, 0.5) is 5.69 Å². The van der Waals surface area contributed by atoms with E-state index in [0.29, 0.717) is 21.7 Å². The van der Waals surface area contributed by atoms with Crippen molar-refractivity contribution in [1.29, 1.82) is 0 Å². The van der Waals surface area contributed by atoms with Crippen LogP contribution in [0.5, 0.6) is 5.75 Å². The number of nitrogens with zero attached hydrogens (tertiary/aromatic N) is 1. The summed E-state index contributed by atoms with van der Waals surface area (Å²) in [4.78, 5) is 10.8. The quantitative estimate of drug-likeness (QED) is 0.203. The Morgan fingerprint density at radius 2 is 1.91 bits per heavy atom. The molecule has 0 aliphatic heterocycles. The molecule has 11 heteroatoms. The molecule has 0 spiro atoms. The summed E-state index contributed by atoms with van der Waals surface area (Å²) in [5.41, 5.74) is 3.29. The van der Waals surface area contributed by atoms with Crippen LogP contribution in [0.3, 0.4) is 0 Å². The summed E-state index contributed by atoms with van der Waals surface area (Å²) in [5, 5.41) is 29.8. The number of hydrogen-bond donors (Lipinski definition) is 4. The minimum absolute atomic E-state index is 0. The molecule has 2 atom stereocenters. The molecule has 1 aliphatic rings. The molecule has 3 aromatic rings. The first-order valence-corrected chi connectivity index (χ1v) is 10.5. The molecule has 4 N–H and O–H groups in total. The molecule has 32 heavy (non-hydrogen) atoms. The van der Waals surface area contributed by atoms with Crippen molar-refractivity contribution >= 4 is 36.1 Å². The molecule has 0 saturated carbocycles. The average molecular weight is 480 g/mol. The fraction of sp³-hybridized carbons (Fsp3) is 0.238. The zero-order valence-corrected chi connectivity index (χ0v) is 21.0. The first-order valence-electron chi connectivity index (χ1n) is 9.66. The Bertz CT molecular complexity index is 1200. The SMILES string of the molecule is O=C([O-])CCC1[CH]C(O)c2ccc(OCNc3cccc(-n4c(=S)[nH][nH]c4=S)c3)cc21.[Na+]. The number of aromatic nitrogens is 3. The monoisotopic (exact) mass is 479 g/mol. The Labute approximate surface area is 216 Å². The van der Waals surface area contributed by atoms with Gasteiger partial charge in [0, 0.05) is 18.1 Å². The summed E-state index contributed by atoms with van der Waals surface area (Å²) in [7, 11) is 0. The van der Waals surface area contributed by atoms with Gasteiger partial charge in [0.05, 0.1) is 11.8 Å². The standard InChI is InChI=1S/C21H21N4O4S2.Na/c26-18-8-12(4-7-19(27)28)17-10-15(5-6-16(17)18)29-11-22-13-2-1-3-14(9-13)25-20(30)23-24-21(25)31;/h1-3,5-6,8-10,12,18,22,26H,4,7,11H2,(H,23,30)(H,24,31)(H,27,28);/q;+1/p-1. The molecule has 0 fully saturated rings. The minimum atomic E-state index is -1.10. The van der Waals surface area contributed by atoms with Crippen molar-refractivity contribution in [3.63, 3.8) is 0 Å². The number of carbonyl (C=O) groups excluding carboxylic acids is 1. The van der Waals surface area contributed by atoms with Crippen molar-refractivity contribution in [3.8, 4) is 11.4 Å². The van der Waals surface area contributed by atoms with Crippen LogP contribution in [0.2, 0.25) is 0 Å². The summed E-state index contributed by atoms with van der Waals surface area (Å²) >= 11 is 10.5. The van der Waals surface area contributed by atoms with E-state index in [0.717, 1.165) is 22.5 Å². The maximum absolute atomic E-state index is 10.8. The number of aliphatic hydroxyl groups is 1. The number of carboxylic acids is 1. The van der Waals surface area contributed by atoms with Crippen LogP contribution >= 0.6 is 24.4 Å². The number of benzene rings is 2. The third-order valence-electron chi connectivity index (χ3n) is 5.15. The van der Waals surface area contributed by atoms with Gasteiger partial charge in [-0.25, -0.2) is 0 Å². The number of ether oxygens (including phenoxy) is 1. The smallest absolute Gasteiger partial charge is 0.550 e. The van der Waals surface area contributed by atoms with E-state index < -0.39 is 12.1 Å². The van der Waals surface area contributed by atoms with E-state index in [1.807, 2.05) is 30.3 Å². The molecular weight excluding hydrogens is 459 g/mol. The molecule has 2 unspecified atom stereocenters. The molecule has 0 amide bonds. The fourth-order valence-electron chi connectivity index (χ4n) is 3.69. The van der Waals surface area contributed by atoms with E-state index in [2.05, 4.69) is 15.5 Å². The van der Waals surface area contributed by atoms with Crippen LogP contribution in [0, 0.1) is 16.0 Å². The van der Waals surface area contributed by atoms with E-state index in [-0.39, 0.29) is 48.6 Å². The van der Waals surface area contributed by atoms with Crippen LogP contribution in [0.25, 0.3) is 5.69 Å². The van der Waals surface area contributed by atoms with Gasteiger partial charge in [0.15, 0.2) is 16.3 Å². The first-order chi connectivity index (χ1) is 14.9. The number of aliphatic carboxylic acids is 1. The maximum atomic E-state index is 10.8. The maximum Gasteiger partial charge on any atom is 1.00 e. The molecule has 1 heterocycles. The van der Waals surface area contributed by atoms with E-state index in [1.165, 1.54) is 0 Å². The Kier molecular flexibility index (Phi) is 8.32. The van der Waals surface area contributed by atoms with Gasteiger partial charge in [-0.2, -0.15) is 0 Å². The predicted octanol–water partition coefficient (Wildman–Crippen LogP) is -0.0901. The van der Waals surface area contributed by atoms with Gasteiger partial charge in [-0.15, -0.1) is 0 Å². The second-order valence-corrected chi connectivity index (χ2v) is 7.93. The topological polar surface area (TPSA) is 118 Å². The molecule has 2 aromatic carbocycles. The third kappa shape index (κ3) is 5.51. The molecule has 161 valence electrons. The molecule has 1 aromatic heterocycles. The van der Waals surface area contributed by atoms with E-state index in [1.54, 1.807) is 23.1 Å². The van der Waals surface area contributed by atoms with Gasteiger partial charge in [-0.3, -0.25) is 14.8 Å². The number of aliphatic hydroxyl groups excluding tert-OH is 1. The zero-order valence-electron chi connectivity index (χ0n) is 17.3. The van der Waals surface area contributed by atoms with Crippen molar-refractivity contribution in [2.24, 2.45) is 0 Å². The molecular formula is C21H20N4NaO4S2. The van der Waals surface area contributed by atoms with Crippen LogP contribution in [0.1, 0.15) is 36.0 Å². The molecule has 1 aliphatic carbocycles.